The zero-order chi connectivity index (χ0) is 7.40. The zero-order valence-corrected chi connectivity index (χ0v) is 7.01. The summed E-state index contributed by atoms with van der Waals surface area (Å²) in [6.07, 6.45) is 5.96. The molecule has 0 saturated carbocycles. The predicted octanol–water partition coefficient (Wildman–Crippen LogP) is 1.90. The van der Waals surface area contributed by atoms with Gasteiger partial charge in [0, 0.05) is 6.54 Å². The van der Waals surface area contributed by atoms with Gasteiger partial charge in [-0.25, -0.2) is 0 Å². The lowest BCUT2D eigenvalue weighted by molar-refractivity contribution is 0.203. The first-order valence-electron chi connectivity index (χ1n) is 4.18. The van der Waals surface area contributed by atoms with Gasteiger partial charge in [-0.2, -0.15) is 0 Å². The molecular formula is C9H17N. The summed E-state index contributed by atoms with van der Waals surface area (Å²) in [5, 5.41) is 0. The minimum absolute atomic E-state index is 0.710. The molecule has 1 rings (SSSR count). The molecule has 10 heavy (non-hydrogen) atoms. The summed E-state index contributed by atoms with van der Waals surface area (Å²) in [5.41, 5.74) is 0. The average molecular weight is 139 g/mol. The molecule has 1 aliphatic heterocycles. The standard InChI is InChI=1S/C9H17N/c1-9(2)5-3-6-10-7-4-8-10/h3,5,9H,4,6-8H2,1-2H3/b5-3+. The maximum absolute atomic E-state index is 2.46. The van der Waals surface area contributed by atoms with Crippen molar-refractivity contribution in [2.75, 3.05) is 19.6 Å². The molecule has 0 unspecified atom stereocenters. The van der Waals surface area contributed by atoms with Gasteiger partial charge in [0.15, 0.2) is 0 Å². The number of hydrogen-bond acceptors (Lipinski definition) is 1. The van der Waals surface area contributed by atoms with Gasteiger partial charge in [-0.05, 0) is 25.4 Å². The van der Waals surface area contributed by atoms with Crippen molar-refractivity contribution in [1.82, 2.24) is 4.90 Å². The molecule has 0 atom stereocenters. The van der Waals surface area contributed by atoms with E-state index in [1.807, 2.05) is 0 Å². The van der Waals surface area contributed by atoms with Crippen LogP contribution in [0.25, 0.3) is 0 Å². The highest BCUT2D eigenvalue weighted by molar-refractivity contribution is 4.88. The van der Waals surface area contributed by atoms with Crippen LogP contribution in [0, 0.1) is 5.92 Å². The van der Waals surface area contributed by atoms with E-state index in [2.05, 4.69) is 30.9 Å². The van der Waals surface area contributed by atoms with E-state index in [1.54, 1.807) is 0 Å². The smallest absolute Gasteiger partial charge is 0.0163 e. The molecule has 0 bridgehead atoms. The summed E-state index contributed by atoms with van der Waals surface area (Å²) in [7, 11) is 0. The molecule has 0 spiro atoms. The second kappa shape index (κ2) is 3.77. The third-order valence-corrected chi connectivity index (χ3v) is 1.83. The maximum Gasteiger partial charge on any atom is 0.0163 e. The van der Waals surface area contributed by atoms with Crippen LogP contribution in [0.5, 0.6) is 0 Å². The second-order valence-corrected chi connectivity index (χ2v) is 3.33. The van der Waals surface area contributed by atoms with Crippen molar-refractivity contribution in [2.24, 2.45) is 5.92 Å². The fraction of sp³-hybridized carbons (Fsp3) is 0.778. The zero-order valence-electron chi connectivity index (χ0n) is 7.01. The molecule has 0 N–H and O–H groups in total. The highest BCUT2D eigenvalue weighted by Gasteiger charge is 2.10. The number of likely N-dealkylation sites (tertiary alicyclic amines) is 1. The van der Waals surface area contributed by atoms with Crippen molar-refractivity contribution < 1.29 is 0 Å². The summed E-state index contributed by atoms with van der Waals surface area (Å²) in [4.78, 5) is 2.46. The van der Waals surface area contributed by atoms with Crippen LogP contribution in [0.1, 0.15) is 20.3 Å². The molecule has 1 fully saturated rings. The lowest BCUT2D eigenvalue weighted by atomic mass is 10.2. The average Bonchev–Trinajstić information content (AvgIpc) is 1.75. The number of hydrogen-bond donors (Lipinski definition) is 0. The van der Waals surface area contributed by atoms with Crippen LogP contribution < -0.4 is 0 Å². The molecule has 58 valence electrons. The molecule has 1 aliphatic rings. The van der Waals surface area contributed by atoms with Gasteiger partial charge in [-0.1, -0.05) is 26.0 Å². The Morgan fingerprint density at radius 2 is 2.10 bits per heavy atom. The van der Waals surface area contributed by atoms with Crippen LogP contribution in [0.3, 0.4) is 0 Å². The third kappa shape index (κ3) is 2.53. The fourth-order valence-electron chi connectivity index (χ4n) is 1.05. The van der Waals surface area contributed by atoms with E-state index in [4.69, 9.17) is 0 Å². The van der Waals surface area contributed by atoms with Crippen molar-refractivity contribution in [3.05, 3.63) is 12.2 Å². The van der Waals surface area contributed by atoms with E-state index in [0.717, 1.165) is 6.54 Å². The minimum atomic E-state index is 0.710. The second-order valence-electron chi connectivity index (χ2n) is 3.33. The Balaban J connectivity index is 2.03. The topological polar surface area (TPSA) is 3.24 Å². The summed E-state index contributed by atoms with van der Waals surface area (Å²) in [6, 6.07) is 0. The van der Waals surface area contributed by atoms with E-state index in [9.17, 15) is 0 Å². The largest absolute Gasteiger partial charge is 0.300 e. The molecule has 0 aromatic carbocycles. The van der Waals surface area contributed by atoms with Crippen molar-refractivity contribution >= 4 is 0 Å². The Morgan fingerprint density at radius 3 is 2.50 bits per heavy atom. The molecule has 1 heteroatoms. The van der Waals surface area contributed by atoms with Crippen LogP contribution in [0.4, 0.5) is 0 Å². The summed E-state index contributed by atoms with van der Waals surface area (Å²) >= 11 is 0. The van der Waals surface area contributed by atoms with Crippen LogP contribution in [0.15, 0.2) is 12.2 Å². The Hall–Kier alpha value is -0.300. The van der Waals surface area contributed by atoms with Gasteiger partial charge in [0.25, 0.3) is 0 Å². The monoisotopic (exact) mass is 139 g/mol. The Labute approximate surface area is 63.7 Å². The Kier molecular flexibility index (Phi) is 2.94. The number of rotatable bonds is 3. The molecule has 1 heterocycles. The van der Waals surface area contributed by atoms with Gasteiger partial charge in [-0.3, -0.25) is 4.90 Å². The van der Waals surface area contributed by atoms with Crippen molar-refractivity contribution in [2.45, 2.75) is 20.3 Å². The first kappa shape index (κ1) is 7.80. The van der Waals surface area contributed by atoms with Crippen molar-refractivity contribution in [3.8, 4) is 0 Å². The predicted molar refractivity (Wildman–Crippen MR) is 45.0 cm³/mol. The number of allylic oxidation sites excluding steroid dienone is 1. The van der Waals surface area contributed by atoms with Crippen LogP contribution in [-0.4, -0.2) is 24.5 Å². The molecule has 1 saturated heterocycles. The summed E-state index contributed by atoms with van der Waals surface area (Å²) in [6.45, 7) is 8.21. The maximum atomic E-state index is 2.46. The fourth-order valence-corrected chi connectivity index (χ4v) is 1.05. The van der Waals surface area contributed by atoms with E-state index < -0.39 is 0 Å². The van der Waals surface area contributed by atoms with E-state index in [-0.39, 0.29) is 0 Å². The minimum Gasteiger partial charge on any atom is -0.300 e. The molecule has 1 nitrogen and oxygen atoms in total. The van der Waals surface area contributed by atoms with E-state index >= 15 is 0 Å². The first-order valence-corrected chi connectivity index (χ1v) is 4.18. The molecule has 0 amide bonds. The summed E-state index contributed by atoms with van der Waals surface area (Å²) < 4.78 is 0. The molecule has 0 aromatic heterocycles. The van der Waals surface area contributed by atoms with Crippen LogP contribution in [0.2, 0.25) is 0 Å². The lowest BCUT2D eigenvalue weighted by Crippen LogP contribution is -2.36. The highest BCUT2D eigenvalue weighted by Crippen LogP contribution is 2.05. The van der Waals surface area contributed by atoms with Crippen molar-refractivity contribution in [3.63, 3.8) is 0 Å². The molecular weight excluding hydrogens is 122 g/mol. The van der Waals surface area contributed by atoms with E-state index in [1.165, 1.54) is 19.5 Å². The Bertz CT molecular complexity index is 112. The lowest BCUT2D eigenvalue weighted by Gasteiger charge is -2.29. The number of nitrogens with zero attached hydrogens (tertiary/aromatic N) is 1. The van der Waals surface area contributed by atoms with Gasteiger partial charge in [0.05, 0.1) is 0 Å². The SMILES string of the molecule is CC(C)/C=C/CN1CCC1. The summed E-state index contributed by atoms with van der Waals surface area (Å²) in [5.74, 6) is 0.710. The molecule has 0 radical (unpaired) electrons. The molecule has 0 aromatic rings. The molecule has 0 aliphatic carbocycles. The third-order valence-electron chi connectivity index (χ3n) is 1.83. The van der Waals surface area contributed by atoms with Gasteiger partial charge in [0.2, 0.25) is 0 Å². The quantitative estimate of drug-likeness (QED) is 0.540. The van der Waals surface area contributed by atoms with Gasteiger partial charge < -0.3 is 0 Å². The van der Waals surface area contributed by atoms with Gasteiger partial charge in [-0.15, -0.1) is 0 Å². The Morgan fingerprint density at radius 1 is 1.40 bits per heavy atom. The highest BCUT2D eigenvalue weighted by atomic mass is 15.2. The van der Waals surface area contributed by atoms with Gasteiger partial charge in [0.1, 0.15) is 0 Å². The normalized spacial score (nSPS) is 20.3. The van der Waals surface area contributed by atoms with E-state index in [0.29, 0.717) is 5.92 Å². The first-order chi connectivity index (χ1) is 4.79. The van der Waals surface area contributed by atoms with Gasteiger partial charge >= 0.3 is 0 Å². The van der Waals surface area contributed by atoms with Crippen LogP contribution >= 0.6 is 0 Å². The van der Waals surface area contributed by atoms with Crippen molar-refractivity contribution in [1.29, 1.82) is 0 Å². The van der Waals surface area contributed by atoms with Crippen LogP contribution in [-0.2, 0) is 0 Å².